The molecule has 1 unspecified atom stereocenters. The van der Waals surface area contributed by atoms with E-state index in [1.807, 2.05) is 13.0 Å². The number of hydrogen-bond acceptors (Lipinski definition) is 5. The molecule has 2 rings (SSSR count). The minimum Gasteiger partial charge on any atom is -0.481 e. The van der Waals surface area contributed by atoms with Crippen LogP contribution in [0.3, 0.4) is 0 Å². The number of aliphatic hydroxyl groups excluding tert-OH is 1. The van der Waals surface area contributed by atoms with Gasteiger partial charge in [-0.3, -0.25) is 0 Å². The van der Waals surface area contributed by atoms with E-state index < -0.39 is 0 Å². The van der Waals surface area contributed by atoms with Crippen LogP contribution in [0.25, 0.3) is 0 Å². The molecule has 0 bridgehead atoms. The number of pyridine rings is 1. The number of nitrogens with two attached hydrogens (primary N) is 1. The Balaban J connectivity index is 2.09. The molecule has 18 heavy (non-hydrogen) atoms. The van der Waals surface area contributed by atoms with E-state index in [1.54, 1.807) is 13.2 Å². The van der Waals surface area contributed by atoms with Crippen LogP contribution < -0.4 is 15.4 Å². The molecule has 2 heterocycles. The first-order valence-corrected chi connectivity index (χ1v) is 6.35. The number of anilines is 2. The lowest BCUT2D eigenvalue weighted by Crippen LogP contribution is -2.37. The predicted octanol–water partition coefficient (Wildman–Crippen LogP) is 1.27. The lowest BCUT2D eigenvalue weighted by molar-refractivity contribution is 0.110. The normalized spacial score (nSPS) is 18.7. The predicted molar refractivity (Wildman–Crippen MR) is 71.8 cm³/mol. The highest BCUT2D eigenvalue weighted by Crippen LogP contribution is 2.29. The molecule has 100 valence electrons. The van der Waals surface area contributed by atoms with Crippen LogP contribution in [-0.2, 0) is 0 Å². The van der Waals surface area contributed by atoms with Crippen molar-refractivity contribution >= 4 is 11.5 Å². The monoisotopic (exact) mass is 251 g/mol. The van der Waals surface area contributed by atoms with E-state index in [4.69, 9.17) is 10.5 Å². The number of hydrogen-bond donors (Lipinski definition) is 2. The maximum absolute atomic E-state index is 9.59. The second-order valence-electron chi connectivity index (χ2n) is 4.83. The summed E-state index contributed by atoms with van der Waals surface area (Å²) in [5.41, 5.74) is 6.63. The van der Waals surface area contributed by atoms with Gasteiger partial charge in [-0.1, -0.05) is 0 Å². The van der Waals surface area contributed by atoms with E-state index in [-0.39, 0.29) is 6.10 Å². The molecule has 1 aliphatic rings. The molecule has 0 radical (unpaired) electrons. The summed E-state index contributed by atoms with van der Waals surface area (Å²) >= 11 is 0. The zero-order valence-corrected chi connectivity index (χ0v) is 11.0. The molecule has 5 heteroatoms. The summed E-state index contributed by atoms with van der Waals surface area (Å²) in [5.74, 6) is 1.75. The third-order valence-electron chi connectivity index (χ3n) is 3.61. The third kappa shape index (κ3) is 2.67. The van der Waals surface area contributed by atoms with Crippen molar-refractivity contribution in [2.45, 2.75) is 25.9 Å². The Morgan fingerprint density at radius 1 is 1.44 bits per heavy atom. The highest BCUT2D eigenvalue weighted by atomic mass is 16.5. The van der Waals surface area contributed by atoms with Gasteiger partial charge in [-0.2, -0.15) is 4.98 Å². The average Bonchev–Trinajstić information content (AvgIpc) is 2.39. The molecular formula is C13H21N3O2. The molecular weight excluding hydrogens is 230 g/mol. The fourth-order valence-electron chi connectivity index (χ4n) is 2.40. The molecule has 1 aliphatic heterocycles. The van der Waals surface area contributed by atoms with Crippen molar-refractivity contribution in [2.24, 2.45) is 5.92 Å². The molecule has 5 nitrogen and oxygen atoms in total. The quantitative estimate of drug-likeness (QED) is 0.846. The van der Waals surface area contributed by atoms with Crippen molar-refractivity contribution in [1.29, 1.82) is 0 Å². The second-order valence-corrected chi connectivity index (χ2v) is 4.83. The number of ether oxygens (including phenoxy) is 1. The number of aromatic nitrogens is 1. The fraction of sp³-hybridized carbons (Fsp3) is 0.615. The Morgan fingerprint density at radius 3 is 2.67 bits per heavy atom. The Bertz CT molecular complexity index is 401. The lowest BCUT2D eigenvalue weighted by atomic mass is 9.92. The van der Waals surface area contributed by atoms with Gasteiger partial charge in [0, 0.05) is 19.2 Å². The van der Waals surface area contributed by atoms with Crippen molar-refractivity contribution in [3.05, 3.63) is 12.1 Å². The highest BCUT2D eigenvalue weighted by molar-refractivity contribution is 5.63. The molecule has 3 N–H and O–H groups in total. The summed E-state index contributed by atoms with van der Waals surface area (Å²) in [6.45, 7) is 3.61. The van der Waals surface area contributed by atoms with Gasteiger partial charge in [0.2, 0.25) is 5.88 Å². The summed E-state index contributed by atoms with van der Waals surface area (Å²) in [6.07, 6.45) is 1.70. The summed E-state index contributed by atoms with van der Waals surface area (Å²) in [7, 11) is 1.60. The van der Waals surface area contributed by atoms with E-state index >= 15 is 0 Å². The van der Waals surface area contributed by atoms with Gasteiger partial charge in [0.15, 0.2) is 5.82 Å². The molecule has 0 aliphatic carbocycles. The number of piperidine rings is 1. The van der Waals surface area contributed by atoms with Gasteiger partial charge in [0.25, 0.3) is 0 Å². The topological polar surface area (TPSA) is 71.6 Å². The van der Waals surface area contributed by atoms with Crippen LogP contribution >= 0.6 is 0 Å². The smallest absolute Gasteiger partial charge is 0.215 e. The Labute approximate surface area is 108 Å². The van der Waals surface area contributed by atoms with Crippen molar-refractivity contribution < 1.29 is 9.84 Å². The molecule has 0 aromatic carbocycles. The second kappa shape index (κ2) is 5.44. The number of rotatable bonds is 3. The molecule has 1 saturated heterocycles. The van der Waals surface area contributed by atoms with Crippen LogP contribution in [0.15, 0.2) is 12.1 Å². The number of aliphatic hydroxyl groups is 1. The largest absolute Gasteiger partial charge is 0.481 e. The van der Waals surface area contributed by atoms with E-state index in [2.05, 4.69) is 9.88 Å². The van der Waals surface area contributed by atoms with Gasteiger partial charge in [-0.25, -0.2) is 0 Å². The molecule has 1 fully saturated rings. The molecule has 1 aromatic heterocycles. The van der Waals surface area contributed by atoms with Crippen LogP contribution in [0.5, 0.6) is 5.88 Å². The van der Waals surface area contributed by atoms with Crippen LogP contribution in [0.2, 0.25) is 0 Å². The van der Waals surface area contributed by atoms with Crippen molar-refractivity contribution in [3.63, 3.8) is 0 Å². The van der Waals surface area contributed by atoms with Gasteiger partial charge >= 0.3 is 0 Å². The van der Waals surface area contributed by atoms with Gasteiger partial charge in [-0.05, 0) is 31.7 Å². The fourth-order valence-corrected chi connectivity index (χ4v) is 2.40. The van der Waals surface area contributed by atoms with Crippen molar-refractivity contribution in [1.82, 2.24) is 4.98 Å². The van der Waals surface area contributed by atoms with E-state index in [1.165, 1.54) is 0 Å². The minimum atomic E-state index is -0.234. The zero-order valence-electron chi connectivity index (χ0n) is 11.0. The number of nitrogen functional groups attached to an aromatic ring is 1. The third-order valence-corrected chi connectivity index (χ3v) is 3.61. The van der Waals surface area contributed by atoms with Crippen LogP contribution in [0.1, 0.15) is 19.8 Å². The Morgan fingerprint density at radius 2 is 2.11 bits per heavy atom. The zero-order chi connectivity index (χ0) is 13.1. The van der Waals surface area contributed by atoms with Crippen molar-refractivity contribution in [2.75, 3.05) is 30.8 Å². The van der Waals surface area contributed by atoms with Crippen LogP contribution in [0, 0.1) is 5.92 Å². The van der Waals surface area contributed by atoms with Gasteiger partial charge in [-0.15, -0.1) is 0 Å². The van der Waals surface area contributed by atoms with E-state index in [0.717, 1.165) is 31.7 Å². The molecule has 0 amide bonds. The summed E-state index contributed by atoms with van der Waals surface area (Å²) in [4.78, 5) is 6.56. The van der Waals surface area contributed by atoms with E-state index in [0.29, 0.717) is 17.5 Å². The van der Waals surface area contributed by atoms with Gasteiger partial charge in [0.1, 0.15) is 0 Å². The van der Waals surface area contributed by atoms with Crippen LogP contribution in [0.4, 0.5) is 11.5 Å². The maximum atomic E-state index is 9.59. The molecule has 1 aromatic rings. The standard InChI is InChI=1S/C13H21N3O2/c1-9(17)10-5-7-16(8-6-10)13-11(14)3-4-12(15-13)18-2/h3-4,9-10,17H,5-8,14H2,1-2H3. The maximum Gasteiger partial charge on any atom is 0.215 e. The lowest BCUT2D eigenvalue weighted by Gasteiger charge is -2.34. The summed E-state index contributed by atoms with van der Waals surface area (Å²) in [6, 6.07) is 3.59. The van der Waals surface area contributed by atoms with E-state index in [9.17, 15) is 5.11 Å². The Hall–Kier alpha value is -1.49. The number of methoxy groups -OCH3 is 1. The van der Waals surface area contributed by atoms with Gasteiger partial charge in [0.05, 0.1) is 18.9 Å². The van der Waals surface area contributed by atoms with Crippen molar-refractivity contribution in [3.8, 4) is 5.88 Å². The van der Waals surface area contributed by atoms with Crippen LogP contribution in [-0.4, -0.2) is 36.4 Å². The first-order chi connectivity index (χ1) is 8.61. The SMILES string of the molecule is COc1ccc(N)c(N2CCC(C(C)O)CC2)n1. The first-order valence-electron chi connectivity index (χ1n) is 6.35. The number of nitrogens with zero attached hydrogens (tertiary/aromatic N) is 2. The minimum absolute atomic E-state index is 0.234. The Kier molecular flexibility index (Phi) is 3.91. The molecule has 0 spiro atoms. The molecule has 1 atom stereocenters. The first kappa shape index (κ1) is 13.0. The summed E-state index contributed by atoms with van der Waals surface area (Å²) < 4.78 is 5.13. The highest BCUT2D eigenvalue weighted by Gasteiger charge is 2.24. The summed E-state index contributed by atoms with van der Waals surface area (Å²) in [5, 5.41) is 9.59. The molecule has 0 saturated carbocycles. The van der Waals surface area contributed by atoms with Gasteiger partial charge < -0.3 is 20.5 Å². The average molecular weight is 251 g/mol.